The van der Waals surface area contributed by atoms with Crippen LogP contribution < -0.4 is 9.64 Å². The van der Waals surface area contributed by atoms with Crippen molar-refractivity contribution in [1.82, 2.24) is 4.98 Å². The molecule has 0 N–H and O–H groups in total. The molecule has 152 valence electrons. The van der Waals surface area contributed by atoms with Crippen LogP contribution in [0.5, 0.6) is 5.75 Å². The molecule has 1 aromatic heterocycles. The molecular weight excluding hydrogens is 392 g/mol. The molecule has 4 rings (SSSR count). The largest absolute Gasteiger partial charge is 0.484 e. The van der Waals surface area contributed by atoms with Gasteiger partial charge in [0.15, 0.2) is 11.7 Å². The molecule has 3 aromatic carbocycles. The Kier molecular flexibility index (Phi) is 5.81. The average Bonchev–Trinajstić information content (AvgIpc) is 3.15. The molecule has 0 bridgehead atoms. The molecule has 0 saturated carbocycles. The maximum atomic E-state index is 13.2. The van der Waals surface area contributed by atoms with Crippen LogP contribution in [0, 0.1) is 20.8 Å². The maximum Gasteiger partial charge on any atom is 0.267 e. The number of ether oxygens (including phenoxy) is 1. The second-order valence-electron chi connectivity index (χ2n) is 7.50. The Morgan fingerprint density at radius 2 is 1.77 bits per heavy atom. The highest BCUT2D eigenvalue weighted by atomic mass is 32.1. The minimum atomic E-state index is -0.117. The smallest absolute Gasteiger partial charge is 0.267 e. The number of hydrogen-bond donors (Lipinski definition) is 0. The normalized spacial score (nSPS) is 10.9. The quantitative estimate of drug-likeness (QED) is 0.397. The van der Waals surface area contributed by atoms with Crippen molar-refractivity contribution in [2.24, 2.45) is 0 Å². The number of benzene rings is 3. The Labute approximate surface area is 180 Å². The molecule has 0 fully saturated rings. The van der Waals surface area contributed by atoms with Crippen LogP contribution in [-0.2, 0) is 11.3 Å². The van der Waals surface area contributed by atoms with Gasteiger partial charge in [0.05, 0.1) is 16.8 Å². The molecule has 1 amide bonds. The lowest BCUT2D eigenvalue weighted by Gasteiger charge is -2.20. The third kappa shape index (κ3) is 4.52. The number of aromatic nitrogens is 1. The molecule has 5 heteroatoms. The van der Waals surface area contributed by atoms with Crippen molar-refractivity contribution in [1.29, 1.82) is 0 Å². The Hall–Kier alpha value is -3.18. The second-order valence-corrected chi connectivity index (χ2v) is 8.50. The number of rotatable bonds is 6. The highest BCUT2D eigenvalue weighted by Crippen LogP contribution is 2.32. The van der Waals surface area contributed by atoms with E-state index in [0.717, 1.165) is 26.9 Å². The highest BCUT2D eigenvalue weighted by molar-refractivity contribution is 7.22. The van der Waals surface area contributed by atoms with Crippen molar-refractivity contribution in [3.63, 3.8) is 0 Å². The lowest BCUT2D eigenvalue weighted by molar-refractivity contribution is -0.120. The van der Waals surface area contributed by atoms with Gasteiger partial charge in [-0.1, -0.05) is 59.9 Å². The average molecular weight is 417 g/mol. The number of anilines is 1. The maximum absolute atomic E-state index is 13.2. The number of carbonyl (C=O) groups is 1. The van der Waals surface area contributed by atoms with Crippen molar-refractivity contribution in [2.45, 2.75) is 27.3 Å². The molecule has 0 radical (unpaired) electrons. The van der Waals surface area contributed by atoms with Crippen LogP contribution in [0.3, 0.4) is 0 Å². The van der Waals surface area contributed by atoms with Gasteiger partial charge in [-0.05, 0) is 61.2 Å². The van der Waals surface area contributed by atoms with Crippen molar-refractivity contribution in [3.05, 3.63) is 89.0 Å². The summed E-state index contributed by atoms with van der Waals surface area (Å²) in [5.74, 6) is 0.576. The lowest BCUT2D eigenvalue weighted by Crippen LogP contribution is -2.34. The molecule has 0 aliphatic rings. The highest BCUT2D eigenvalue weighted by Gasteiger charge is 2.21. The van der Waals surface area contributed by atoms with Crippen molar-refractivity contribution in [2.75, 3.05) is 11.5 Å². The van der Waals surface area contributed by atoms with Gasteiger partial charge in [0.1, 0.15) is 5.75 Å². The third-order valence-corrected chi connectivity index (χ3v) is 5.91. The Bertz CT molecular complexity index is 1180. The fraction of sp³-hybridized carbons (Fsp3) is 0.200. The van der Waals surface area contributed by atoms with Crippen LogP contribution in [0.4, 0.5) is 5.13 Å². The van der Waals surface area contributed by atoms with Gasteiger partial charge in [0.25, 0.3) is 5.91 Å². The molecule has 4 nitrogen and oxygen atoms in total. The monoisotopic (exact) mass is 416 g/mol. The van der Waals surface area contributed by atoms with Crippen molar-refractivity contribution in [3.8, 4) is 5.75 Å². The summed E-state index contributed by atoms with van der Waals surface area (Å²) >= 11 is 1.54. The molecular formula is C25H24N2O2S. The zero-order valence-corrected chi connectivity index (χ0v) is 18.2. The SMILES string of the molecule is Cc1cccc(OCC(=O)N(Cc2ccccc2)c2nc3c(C)cc(C)cc3s2)c1. The first-order valence-corrected chi connectivity index (χ1v) is 10.7. The summed E-state index contributed by atoms with van der Waals surface area (Å²) in [6.45, 7) is 6.55. The van der Waals surface area contributed by atoms with Gasteiger partial charge in [-0.15, -0.1) is 0 Å². The van der Waals surface area contributed by atoms with E-state index in [1.165, 1.54) is 5.56 Å². The van der Waals surface area contributed by atoms with Gasteiger partial charge in [-0.2, -0.15) is 0 Å². The van der Waals surface area contributed by atoms with E-state index in [1.807, 2.05) is 61.5 Å². The molecule has 0 unspecified atom stereocenters. The van der Waals surface area contributed by atoms with E-state index in [-0.39, 0.29) is 12.5 Å². The summed E-state index contributed by atoms with van der Waals surface area (Å²) in [5, 5.41) is 0.695. The molecule has 0 saturated heterocycles. The van der Waals surface area contributed by atoms with E-state index in [9.17, 15) is 4.79 Å². The van der Waals surface area contributed by atoms with Crippen LogP contribution in [-0.4, -0.2) is 17.5 Å². The first kappa shape index (κ1) is 20.1. The molecule has 1 heterocycles. The predicted octanol–water partition coefficient (Wildman–Crippen LogP) is 5.83. The van der Waals surface area contributed by atoms with E-state index in [4.69, 9.17) is 9.72 Å². The first-order chi connectivity index (χ1) is 14.5. The van der Waals surface area contributed by atoms with Crippen LogP contribution in [0.1, 0.15) is 22.3 Å². The lowest BCUT2D eigenvalue weighted by atomic mass is 10.1. The summed E-state index contributed by atoms with van der Waals surface area (Å²) in [4.78, 5) is 19.7. The summed E-state index contributed by atoms with van der Waals surface area (Å²) in [6.07, 6.45) is 0. The molecule has 30 heavy (non-hydrogen) atoms. The topological polar surface area (TPSA) is 42.4 Å². The number of aryl methyl sites for hydroxylation is 3. The minimum absolute atomic E-state index is 0.0375. The predicted molar refractivity (Wildman–Crippen MR) is 123 cm³/mol. The first-order valence-electron chi connectivity index (χ1n) is 9.91. The van der Waals surface area contributed by atoms with Gasteiger partial charge < -0.3 is 4.74 Å². The van der Waals surface area contributed by atoms with E-state index in [2.05, 4.69) is 26.0 Å². The summed E-state index contributed by atoms with van der Waals surface area (Å²) in [6, 6.07) is 21.9. The second kappa shape index (κ2) is 8.67. The Balaban J connectivity index is 1.64. The van der Waals surface area contributed by atoms with E-state index in [0.29, 0.717) is 17.4 Å². The van der Waals surface area contributed by atoms with Gasteiger partial charge in [-0.25, -0.2) is 4.98 Å². The van der Waals surface area contributed by atoms with Crippen LogP contribution >= 0.6 is 11.3 Å². The van der Waals surface area contributed by atoms with Crippen LogP contribution in [0.25, 0.3) is 10.2 Å². The number of hydrogen-bond acceptors (Lipinski definition) is 4. The van der Waals surface area contributed by atoms with Gasteiger partial charge in [0, 0.05) is 0 Å². The van der Waals surface area contributed by atoms with Crippen molar-refractivity contribution >= 4 is 32.6 Å². The zero-order valence-electron chi connectivity index (χ0n) is 17.4. The van der Waals surface area contributed by atoms with Gasteiger partial charge in [-0.3, -0.25) is 9.69 Å². The molecule has 0 spiro atoms. The van der Waals surface area contributed by atoms with Crippen LogP contribution in [0.15, 0.2) is 66.7 Å². The number of carbonyl (C=O) groups excluding carboxylic acids is 1. The fourth-order valence-electron chi connectivity index (χ4n) is 3.43. The Morgan fingerprint density at radius 3 is 2.53 bits per heavy atom. The summed E-state index contributed by atoms with van der Waals surface area (Å²) < 4.78 is 6.88. The van der Waals surface area contributed by atoms with Gasteiger partial charge in [0.2, 0.25) is 0 Å². The van der Waals surface area contributed by atoms with E-state index in [1.54, 1.807) is 16.2 Å². The van der Waals surface area contributed by atoms with Crippen molar-refractivity contribution < 1.29 is 9.53 Å². The summed E-state index contributed by atoms with van der Waals surface area (Å²) in [5.41, 5.74) is 5.41. The number of fused-ring (bicyclic) bond motifs is 1. The van der Waals surface area contributed by atoms with Gasteiger partial charge >= 0.3 is 0 Å². The minimum Gasteiger partial charge on any atom is -0.484 e. The zero-order chi connectivity index (χ0) is 21.1. The third-order valence-electron chi connectivity index (χ3n) is 4.89. The van der Waals surface area contributed by atoms with E-state index < -0.39 is 0 Å². The molecule has 0 aliphatic heterocycles. The molecule has 0 atom stereocenters. The molecule has 0 aliphatic carbocycles. The fourth-order valence-corrected chi connectivity index (χ4v) is 4.59. The van der Waals surface area contributed by atoms with Crippen LogP contribution in [0.2, 0.25) is 0 Å². The summed E-state index contributed by atoms with van der Waals surface area (Å²) in [7, 11) is 0. The van der Waals surface area contributed by atoms with E-state index >= 15 is 0 Å². The Morgan fingerprint density at radius 1 is 0.967 bits per heavy atom. The number of thiazole rings is 1. The number of nitrogens with zero attached hydrogens (tertiary/aromatic N) is 2. The molecule has 4 aromatic rings. The number of amides is 1. The standard InChI is InChI=1S/C25H24N2O2S/c1-17-8-7-11-21(13-17)29-16-23(28)27(15-20-9-5-4-6-10-20)25-26-24-19(3)12-18(2)14-22(24)30-25/h4-14H,15-16H2,1-3H3.